The van der Waals surface area contributed by atoms with Gasteiger partial charge in [-0.25, -0.2) is 4.68 Å². The van der Waals surface area contributed by atoms with E-state index in [1.54, 1.807) is 10.9 Å². The first kappa shape index (κ1) is 17.8. The minimum absolute atomic E-state index is 0.00486. The van der Waals surface area contributed by atoms with E-state index in [1.807, 2.05) is 18.2 Å². The third-order valence-electron chi connectivity index (χ3n) is 5.04. The zero-order valence-corrected chi connectivity index (χ0v) is 15.7. The fourth-order valence-electron chi connectivity index (χ4n) is 3.36. The van der Waals surface area contributed by atoms with Crippen LogP contribution >= 0.6 is 11.8 Å². The molecule has 0 bridgehead atoms. The summed E-state index contributed by atoms with van der Waals surface area (Å²) in [5.74, 6) is 1.04. The molecule has 8 heteroatoms. The van der Waals surface area contributed by atoms with Gasteiger partial charge in [0.05, 0.1) is 12.0 Å². The number of nitrogens with zero attached hydrogens (tertiary/aromatic N) is 4. The van der Waals surface area contributed by atoms with Gasteiger partial charge in [-0.3, -0.25) is 4.79 Å². The predicted molar refractivity (Wildman–Crippen MR) is 101 cm³/mol. The van der Waals surface area contributed by atoms with Crippen LogP contribution < -0.4 is 5.32 Å². The van der Waals surface area contributed by atoms with Crippen molar-refractivity contribution in [3.8, 4) is 0 Å². The molecule has 27 heavy (non-hydrogen) atoms. The molecule has 1 N–H and O–H groups in total. The Labute approximate surface area is 161 Å². The van der Waals surface area contributed by atoms with Crippen LogP contribution in [0, 0.1) is 0 Å². The van der Waals surface area contributed by atoms with E-state index in [0.717, 1.165) is 18.6 Å². The number of thioether (sulfide) groups is 1. The SMILES string of the molecule is O=C(CSc1nnnn1Cc1ccco1)NCC1(c2ccccc2)CCC1. The Morgan fingerprint density at radius 2 is 2.07 bits per heavy atom. The summed E-state index contributed by atoms with van der Waals surface area (Å²) < 4.78 is 6.95. The molecule has 1 fully saturated rings. The molecule has 0 spiro atoms. The number of aromatic nitrogens is 4. The zero-order chi connectivity index (χ0) is 18.5. The Balaban J connectivity index is 1.30. The maximum atomic E-state index is 12.4. The predicted octanol–water partition coefficient (Wildman–Crippen LogP) is 2.64. The molecule has 4 rings (SSSR count). The normalized spacial score (nSPS) is 15.3. The van der Waals surface area contributed by atoms with Gasteiger partial charge in [0, 0.05) is 12.0 Å². The van der Waals surface area contributed by atoms with Crippen molar-refractivity contribution < 1.29 is 9.21 Å². The molecule has 0 aliphatic heterocycles. The number of furan rings is 1. The summed E-state index contributed by atoms with van der Waals surface area (Å²) in [4.78, 5) is 12.4. The summed E-state index contributed by atoms with van der Waals surface area (Å²) in [7, 11) is 0. The molecule has 0 saturated heterocycles. The van der Waals surface area contributed by atoms with E-state index in [2.05, 4.69) is 45.1 Å². The van der Waals surface area contributed by atoms with Gasteiger partial charge in [-0.05, 0) is 41.0 Å². The van der Waals surface area contributed by atoms with Gasteiger partial charge in [0.25, 0.3) is 0 Å². The number of benzene rings is 1. The van der Waals surface area contributed by atoms with Crippen molar-refractivity contribution in [1.29, 1.82) is 0 Å². The molecule has 0 unspecified atom stereocenters. The Bertz CT molecular complexity index is 875. The molecule has 2 heterocycles. The molecule has 1 aliphatic carbocycles. The van der Waals surface area contributed by atoms with Crippen molar-refractivity contribution in [2.24, 2.45) is 0 Å². The van der Waals surface area contributed by atoms with Crippen molar-refractivity contribution in [2.75, 3.05) is 12.3 Å². The lowest BCUT2D eigenvalue weighted by molar-refractivity contribution is -0.119. The highest BCUT2D eigenvalue weighted by atomic mass is 32.2. The highest BCUT2D eigenvalue weighted by Gasteiger charge is 2.38. The first-order chi connectivity index (χ1) is 13.3. The first-order valence-corrected chi connectivity index (χ1v) is 9.97. The van der Waals surface area contributed by atoms with Crippen molar-refractivity contribution in [1.82, 2.24) is 25.5 Å². The molecule has 0 atom stereocenters. The Morgan fingerprint density at radius 3 is 2.78 bits per heavy atom. The monoisotopic (exact) mass is 383 g/mol. The average molecular weight is 383 g/mol. The van der Waals surface area contributed by atoms with E-state index in [9.17, 15) is 4.79 Å². The van der Waals surface area contributed by atoms with Crippen LogP contribution in [0.3, 0.4) is 0 Å². The van der Waals surface area contributed by atoms with E-state index in [1.165, 1.54) is 23.7 Å². The number of carbonyl (C=O) groups is 1. The van der Waals surface area contributed by atoms with Crippen LogP contribution in [0.5, 0.6) is 0 Å². The summed E-state index contributed by atoms with van der Waals surface area (Å²) >= 11 is 1.33. The fourth-order valence-corrected chi connectivity index (χ4v) is 4.07. The molecule has 1 aliphatic rings. The highest BCUT2D eigenvalue weighted by molar-refractivity contribution is 7.99. The number of tetrazole rings is 1. The summed E-state index contributed by atoms with van der Waals surface area (Å²) in [5.41, 5.74) is 1.40. The topological polar surface area (TPSA) is 85.8 Å². The van der Waals surface area contributed by atoms with Crippen LogP contribution in [0.4, 0.5) is 0 Å². The third-order valence-corrected chi connectivity index (χ3v) is 6.00. The summed E-state index contributed by atoms with van der Waals surface area (Å²) in [6, 6.07) is 14.1. The molecule has 0 radical (unpaired) electrons. The summed E-state index contributed by atoms with van der Waals surface area (Å²) in [6.07, 6.45) is 5.06. The van der Waals surface area contributed by atoms with Crippen LogP contribution in [0.2, 0.25) is 0 Å². The van der Waals surface area contributed by atoms with E-state index < -0.39 is 0 Å². The van der Waals surface area contributed by atoms with Crippen LogP contribution in [0.15, 0.2) is 58.3 Å². The second kappa shape index (κ2) is 7.96. The quantitative estimate of drug-likeness (QED) is 0.602. The van der Waals surface area contributed by atoms with Crippen molar-refractivity contribution in [2.45, 2.75) is 36.4 Å². The van der Waals surface area contributed by atoms with Crippen LogP contribution in [-0.2, 0) is 16.8 Å². The lowest BCUT2D eigenvalue weighted by atomic mass is 9.64. The van der Waals surface area contributed by atoms with Gasteiger partial charge in [-0.2, -0.15) is 0 Å². The standard InChI is InChI=1S/C19H21N5O2S/c25-17(20-14-19(9-5-10-19)15-6-2-1-3-7-15)13-27-18-21-22-23-24(18)12-16-8-4-11-26-16/h1-4,6-8,11H,5,9-10,12-14H2,(H,20,25). The number of rotatable bonds is 8. The van der Waals surface area contributed by atoms with Gasteiger partial charge in [0.1, 0.15) is 12.3 Å². The van der Waals surface area contributed by atoms with Crippen LogP contribution in [0.1, 0.15) is 30.6 Å². The molecule has 7 nitrogen and oxygen atoms in total. The summed E-state index contributed by atoms with van der Waals surface area (Å²) in [6.45, 7) is 1.12. The van der Waals surface area contributed by atoms with Crippen molar-refractivity contribution >= 4 is 17.7 Å². The minimum atomic E-state index is -0.00486. The lowest BCUT2D eigenvalue weighted by Gasteiger charge is -2.42. The van der Waals surface area contributed by atoms with Gasteiger partial charge in [-0.15, -0.1) is 5.10 Å². The zero-order valence-electron chi connectivity index (χ0n) is 14.9. The molecule has 1 aromatic carbocycles. The van der Waals surface area contributed by atoms with Gasteiger partial charge in [0.15, 0.2) is 0 Å². The van der Waals surface area contributed by atoms with Gasteiger partial charge < -0.3 is 9.73 Å². The number of carbonyl (C=O) groups excluding carboxylic acids is 1. The van der Waals surface area contributed by atoms with Crippen molar-refractivity contribution in [3.05, 3.63) is 60.1 Å². The van der Waals surface area contributed by atoms with Gasteiger partial charge >= 0.3 is 0 Å². The minimum Gasteiger partial charge on any atom is -0.467 e. The third kappa shape index (κ3) is 4.05. The van der Waals surface area contributed by atoms with Crippen LogP contribution in [-0.4, -0.2) is 38.4 Å². The molecule has 3 aromatic rings. The number of hydrogen-bond acceptors (Lipinski definition) is 6. The molecule has 140 valence electrons. The number of hydrogen-bond donors (Lipinski definition) is 1. The molecular formula is C19H21N5O2S. The largest absolute Gasteiger partial charge is 0.467 e. The first-order valence-electron chi connectivity index (χ1n) is 8.99. The molecule has 1 saturated carbocycles. The van der Waals surface area contributed by atoms with E-state index in [-0.39, 0.29) is 17.1 Å². The maximum Gasteiger partial charge on any atom is 0.230 e. The fraction of sp³-hybridized carbons (Fsp3) is 0.368. The van der Waals surface area contributed by atoms with Crippen LogP contribution in [0.25, 0.3) is 0 Å². The number of nitrogens with one attached hydrogen (secondary N) is 1. The highest BCUT2D eigenvalue weighted by Crippen LogP contribution is 2.43. The Morgan fingerprint density at radius 1 is 1.22 bits per heavy atom. The Hall–Kier alpha value is -2.61. The van der Waals surface area contributed by atoms with Crippen molar-refractivity contribution in [3.63, 3.8) is 0 Å². The number of amides is 1. The molecule has 1 amide bonds. The lowest BCUT2D eigenvalue weighted by Crippen LogP contribution is -2.46. The maximum absolute atomic E-state index is 12.4. The van der Waals surface area contributed by atoms with Gasteiger partial charge in [-0.1, -0.05) is 48.5 Å². The van der Waals surface area contributed by atoms with Gasteiger partial charge in [0.2, 0.25) is 11.1 Å². The molecule has 2 aromatic heterocycles. The smallest absolute Gasteiger partial charge is 0.230 e. The summed E-state index contributed by atoms with van der Waals surface area (Å²) in [5, 5.41) is 15.3. The van der Waals surface area contributed by atoms with E-state index in [4.69, 9.17) is 4.42 Å². The second-order valence-corrected chi connectivity index (χ2v) is 7.71. The average Bonchev–Trinajstić information content (AvgIpc) is 3.32. The Kier molecular flexibility index (Phi) is 5.24. The molecular weight excluding hydrogens is 362 g/mol. The second-order valence-electron chi connectivity index (χ2n) is 6.76. The van der Waals surface area contributed by atoms with E-state index >= 15 is 0 Å². The van der Waals surface area contributed by atoms with E-state index in [0.29, 0.717) is 18.2 Å².